The van der Waals surface area contributed by atoms with Crippen molar-refractivity contribution in [1.82, 2.24) is 14.9 Å². The number of carbonyl (C=O) groups is 1. The van der Waals surface area contributed by atoms with Gasteiger partial charge in [0.1, 0.15) is 5.69 Å². The number of hydrogen-bond donors (Lipinski definition) is 0. The van der Waals surface area contributed by atoms with E-state index in [1.165, 1.54) is 31.4 Å². The van der Waals surface area contributed by atoms with Gasteiger partial charge in [-0.2, -0.15) is 0 Å². The molecule has 2 aliphatic heterocycles. The molecule has 1 aromatic heterocycles. The molecule has 0 N–H and O–H groups in total. The molecule has 27 heavy (non-hydrogen) atoms. The van der Waals surface area contributed by atoms with Gasteiger partial charge in [-0.15, -0.1) is 0 Å². The number of anilines is 2. The summed E-state index contributed by atoms with van der Waals surface area (Å²) >= 11 is 0. The molecule has 2 fully saturated rings. The predicted molar refractivity (Wildman–Crippen MR) is 107 cm³/mol. The van der Waals surface area contributed by atoms with Gasteiger partial charge in [-0.3, -0.25) is 4.79 Å². The maximum absolute atomic E-state index is 12.9. The lowest BCUT2D eigenvalue weighted by molar-refractivity contribution is 0.0740. The van der Waals surface area contributed by atoms with E-state index in [2.05, 4.69) is 44.0 Å². The predicted octanol–water partition coefficient (Wildman–Crippen LogP) is 2.82. The van der Waals surface area contributed by atoms with E-state index in [4.69, 9.17) is 0 Å². The minimum atomic E-state index is 0.0150. The van der Waals surface area contributed by atoms with Crippen LogP contribution in [0, 0.1) is 0 Å². The maximum Gasteiger partial charge on any atom is 0.272 e. The molecule has 142 valence electrons. The minimum Gasteiger partial charge on any atom is -0.368 e. The van der Waals surface area contributed by atoms with Crippen molar-refractivity contribution in [3.63, 3.8) is 0 Å². The number of rotatable bonds is 3. The van der Waals surface area contributed by atoms with Gasteiger partial charge in [0.25, 0.3) is 5.91 Å². The topological polar surface area (TPSA) is 52.6 Å². The number of para-hydroxylation sites is 1. The fourth-order valence-corrected chi connectivity index (χ4v) is 3.86. The molecule has 2 aromatic rings. The molecule has 0 atom stereocenters. The molecule has 0 unspecified atom stereocenters. The zero-order chi connectivity index (χ0) is 18.5. The van der Waals surface area contributed by atoms with Crippen molar-refractivity contribution in [2.24, 2.45) is 0 Å². The lowest BCUT2D eigenvalue weighted by Gasteiger charge is -2.36. The van der Waals surface area contributed by atoms with Crippen LogP contribution in [-0.4, -0.2) is 60.0 Å². The van der Waals surface area contributed by atoms with Crippen LogP contribution in [0.1, 0.15) is 36.2 Å². The molecule has 3 heterocycles. The standard InChI is InChI=1S/C21H27N5O/c27-20(25-16-14-24(15-17-25)18-8-4-3-5-9-18)19-10-11-22-21(23-19)26-12-6-1-2-7-13-26/h3-5,8-11H,1-2,6-7,12-17H2. The third-order valence-electron chi connectivity index (χ3n) is 5.44. The number of benzene rings is 1. The summed E-state index contributed by atoms with van der Waals surface area (Å²) in [5.74, 6) is 0.715. The van der Waals surface area contributed by atoms with E-state index in [0.717, 1.165) is 39.3 Å². The summed E-state index contributed by atoms with van der Waals surface area (Å²) in [6.07, 6.45) is 6.59. The van der Waals surface area contributed by atoms with E-state index in [1.807, 2.05) is 11.0 Å². The second-order valence-corrected chi connectivity index (χ2v) is 7.26. The van der Waals surface area contributed by atoms with Gasteiger partial charge in [0.15, 0.2) is 0 Å². The van der Waals surface area contributed by atoms with Crippen LogP contribution < -0.4 is 9.80 Å². The van der Waals surface area contributed by atoms with Crippen molar-refractivity contribution in [3.8, 4) is 0 Å². The summed E-state index contributed by atoms with van der Waals surface area (Å²) in [5, 5.41) is 0. The zero-order valence-electron chi connectivity index (χ0n) is 15.8. The van der Waals surface area contributed by atoms with Crippen molar-refractivity contribution in [3.05, 3.63) is 48.3 Å². The lowest BCUT2D eigenvalue weighted by atomic mass is 10.2. The van der Waals surface area contributed by atoms with Gasteiger partial charge in [0.2, 0.25) is 5.95 Å². The van der Waals surface area contributed by atoms with Crippen LogP contribution in [0.25, 0.3) is 0 Å². The Kier molecular flexibility index (Phi) is 5.51. The fraction of sp³-hybridized carbons (Fsp3) is 0.476. The Labute approximate surface area is 160 Å². The van der Waals surface area contributed by atoms with Crippen molar-refractivity contribution >= 4 is 17.5 Å². The molecular weight excluding hydrogens is 338 g/mol. The highest BCUT2D eigenvalue weighted by Gasteiger charge is 2.24. The molecule has 0 bridgehead atoms. The van der Waals surface area contributed by atoms with Crippen LogP contribution >= 0.6 is 0 Å². The molecule has 1 aromatic carbocycles. The highest BCUT2D eigenvalue weighted by molar-refractivity contribution is 5.92. The number of piperazine rings is 1. The fourth-order valence-electron chi connectivity index (χ4n) is 3.86. The number of hydrogen-bond acceptors (Lipinski definition) is 5. The second-order valence-electron chi connectivity index (χ2n) is 7.26. The third kappa shape index (κ3) is 4.21. The largest absolute Gasteiger partial charge is 0.368 e. The molecule has 0 radical (unpaired) electrons. The second kappa shape index (κ2) is 8.37. The summed E-state index contributed by atoms with van der Waals surface area (Å²) in [4.78, 5) is 28.4. The minimum absolute atomic E-state index is 0.0150. The lowest BCUT2D eigenvalue weighted by Crippen LogP contribution is -2.49. The van der Waals surface area contributed by atoms with E-state index in [-0.39, 0.29) is 5.91 Å². The number of carbonyl (C=O) groups excluding carboxylic acids is 1. The quantitative estimate of drug-likeness (QED) is 0.837. The van der Waals surface area contributed by atoms with Crippen molar-refractivity contribution in [1.29, 1.82) is 0 Å². The van der Waals surface area contributed by atoms with Crippen LogP contribution in [0.4, 0.5) is 11.6 Å². The number of nitrogens with zero attached hydrogens (tertiary/aromatic N) is 5. The summed E-state index contributed by atoms with van der Waals surface area (Å²) in [6, 6.07) is 12.1. The summed E-state index contributed by atoms with van der Waals surface area (Å²) < 4.78 is 0. The Bertz CT molecular complexity index is 750. The molecule has 4 rings (SSSR count). The molecule has 1 amide bonds. The first-order valence-corrected chi connectivity index (χ1v) is 9.98. The maximum atomic E-state index is 12.9. The van der Waals surface area contributed by atoms with E-state index < -0.39 is 0 Å². The van der Waals surface area contributed by atoms with Crippen molar-refractivity contribution < 1.29 is 4.79 Å². The van der Waals surface area contributed by atoms with Crippen LogP contribution in [0.5, 0.6) is 0 Å². The summed E-state index contributed by atoms with van der Waals surface area (Å²) in [7, 11) is 0. The third-order valence-corrected chi connectivity index (χ3v) is 5.44. The summed E-state index contributed by atoms with van der Waals surface area (Å²) in [5.41, 5.74) is 1.73. The summed E-state index contributed by atoms with van der Waals surface area (Å²) in [6.45, 7) is 5.09. The Morgan fingerprint density at radius 1 is 0.778 bits per heavy atom. The molecule has 2 aliphatic rings. The normalized spacial score (nSPS) is 18.3. The van der Waals surface area contributed by atoms with Crippen LogP contribution in [0.2, 0.25) is 0 Å². The monoisotopic (exact) mass is 365 g/mol. The zero-order valence-corrected chi connectivity index (χ0v) is 15.8. The average Bonchev–Trinajstić information content (AvgIpc) is 3.04. The van der Waals surface area contributed by atoms with Crippen LogP contribution in [-0.2, 0) is 0 Å². The van der Waals surface area contributed by atoms with Crippen LogP contribution in [0.3, 0.4) is 0 Å². The number of aromatic nitrogens is 2. The van der Waals surface area contributed by atoms with E-state index in [9.17, 15) is 4.79 Å². The van der Waals surface area contributed by atoms with E-state index >= 15 is 0 Å². The number of amides is 1. The van der Waals surface area contributed by atoms with Gasteiger partial charge in [-0.05, 0) is 31.0 Å². The Hall–Kier alpha value is -2.63. The smallest absolute Gasteiger partial charge is 0.272 e. The van der Waals surface area contributed by atoms with Gasteiger partial charge in [0.05, 0.1) is 0 Å². The van der Waals surface area contributed by atoms with Gasteiger partial charge < -0.3 is 14.7 Å². The highest BCUT2D eigenvalue weighted by Crippen LogP contribution is 2.18. The first-order chi connectivity index (χ1) is 13.3. The van der Waals surface area contributed by atoms with E-state index in [1.54, 1.807) is 12.3 Å². The van der Waals surface area contributed by atoms with Crippen molar-refractivity contribution in [2.75, 3.05) is 49.1 Å². The van der Waals surface area contributed by atoms with Crippen LogP contribution in [0.15, 0.2) is 42.6 Å². The van der Waals surface area contributed by atoms with Crippen molar-refractivity contribution in [2.45, 2.75) is 25.7 Å². The first-order valence-electron chi connectivity index (χ1n) is 9.98. The Morgan fingerprint density at radius 3 is 2.19 bits per heavy atom. The van der Waals surface area contributed by atoms with Gasteiger partial charge in [0, 0.05) is 51.2 Å². The molecular formula is C21H27N5O. The van der Waals surface area contributed by atoms with Gasteiger partial charge in [-0.25, -0.2) is 9.97 Å². The SMILES string of the molecule is O=C(c1ccnc(N2CCCCCC2)n1)N1CCN(c2ccccc2)CC1. The van der Waals surface area contributed by atoms with Gasteiger partial charge >= 0.3 is 0 Å². The molecule has 2 saturated heterocycles. The van der Waals surface area contributed by atoms with E-state index in [0.29, 0.717) is 11.6 Å². The Morgan fingerprint density at radius 2 is 1.48 bits per heavy atom. The molecule has 0 saturated carbocycles. The molecule has 0 spiro atoms. The average molecular weight is 365 g/mol. The Balaban J connectivity index is 1.40. The first kappa shape index (κ1) is 17.8. The molecule has 6 heteroatoms. The highest BCUT2D eigenvalue weighted by atomic mass is 16.2. The van der Waals surface area contributed by atoms with Gasteiger partial charge in [-0.1, -0.05) is 31.0 Å². The molecule has 0 aliphatic carbocycles. The molecule has 6 nitrogen and oxygen atoms in total.